The second kappa shape index (κ2) is 7.95. The van der Waals surface area contributed by atoms with Gasteiger partial charge >= 0.3 is 0 Å². The number of nitrogens with zero attached hydrogens (tertiary/aromatic N) is 1. The van der Waals surface area contributed by atoms with Gasteiger partial charge in [0.25, 0.3) is 0 Å². The Balaban J connectivity index is 2.57. The van der Waals surface area contributed by atoms with Crippen LogP contribution in [0.4, 0.5) is 0 Å². The van der Waals surface area contributed by atoms with Crippen molar-refractivity contribution in [2.24, 2.45) is 0 Å². The zero-order chi connectivity index (χ0) is 14.3. The fourth-order valence-corrected chi connectivity index (χ4v) is 2.00. The third kappa shape index (κ3) is 5.43. The van der Waals surface area contributed by atoms with E-state index >= 15 is 0 Å². The van der Waals surface area contributed by atoms with Gasteiger partial charge in [-0.25, -0.2) is 0 Å². The summed E-state index contributed by atoms with van der Waals surface area (Å²) in [6.07, 6.45) is 0. The van der Waals surface area contributed by atoms with Crippen molar-refractivity contribution in [3.63, 3.8) is 0 Å². The predicted molar refractivity (Wildman–Crippen MR) is 80.2 cm³/mol. The fraction of sp³-hybridized carbons (Fsp3) is 0.562. The molecule has 0 heterocycles. The SMILES string of the molecule is CCNC(=O)CN(CC)Cc1ccc(C(C)C)cc1. The molecule has 0 bridgehead atoms. The molecule has 0 atom stereocenters. The first-order chi connectivity index (χ1) is 9.06. The Morgan fingerprint density at radius 3 is 2.32 bits per heavy atom. The smallest absolute Gasteiger partial charge is 0.234 e. The zero-order valence-electron chi connectivity index (χ0n) is 12.6. The van der Waals surface area contributed by atoms with Crippen molar-refractivity contribution in [3.05, 3.63) is 35.4 Å². The Labute approximate surface area is 117 Å². The molecule has 0 aliphatic heterocycles. The van der Waals surface area contributed by atoms with Crippen molar-refractivity contribution in [1.29, 1.82) is 0 Å². The Morgan fingerprint density at radius 2 is 1.84 bits per heavy atom. The van der Waals surface area contributed by atoms with Crippen LogP contribution in [0.15, 0.2) is 24.3 Å². The number of likely N-dealkylation sites (N-methyl/N-ethyl adjacent to an activating group) is 2. The molecule has 0 saturated carbocycles. The predicted octanol–water partition coefficient (Wildman–Crippen LogP) is 2.77. The molecule has 1 amide bonds. The van der Waals surface area contributed by atoms with Crippen molar-refractivity contribution < 1.29 is 4.79 Å². The summed E-state index contributed by atoms with van der Waals surface area (Å²) in [5, 5.41) is 2.84. The number of nitrogens with one attached hydrogen (secondary N) is 1. The Kier molecular flexibility index (Phi) is 6.57. The van der Waals surface area contributed by atoms with E-state index in [0.29, 0.717) is 19.0 Å². The molecule has 106 valence electrons. The van der Waals surface area contributed by atoms with Gasteiger partial charge in [0.05, 0.1) is 6.54 Å². The molecule has 1 aromatic carbocycles. The van der Waals surface area contributed by atoms with Gasteiger partial charge in [0.2, 0.25) is 5.91 Å². The average molecular weight is 262 g/mol. The highest BCUT2D eigenvalue weighted by atomic mass is 16.2. The highest BCUT2D eigenvalue weighted by Gasteiger charge is 2.09. The Morgan fingerprint density at radius 1 is 1.21 bits per heavy atom. The number of carbonyl (C=O) groups is 1. The van der Waals surface area contributed by atoms with Gasteiger partial charge < -0.3 is 5.32 Å². The fourth-order valence-electron chi connectivity index (χ4n) is 2.00. The summed E-state index contributed by atoms with van der Waals surface area (Å²) in [5.74, 6) is 0.662. The first kappa shape index (κ1) is 15.7. The summed E-state index contributed by atoms with van der Waals surface area (Å²) in [4.78, 5) is 13.7. The van der Waals surface area contributed by atoms with Gasteiger partial charge in [-0.15, -0.1) is 0 Å². The van der Waals surface area contributed by atoms with E-state index in [4.69, 9.17) is 0 Å². The van der Waals surface area contributed by atoms with Crippen molar-refractivity contribution >= 4 is 5.91 Å². The third-order valence-electron chi connectivity index (χ3n) is 3.24. The van der Waals surface area contributed by atoms with Crippen LogP contribution in [0.5, 0.6) is 0 Å². The zero-order valence-corrected chi connectivity index (χ0v) is 12.6. The highest BCUT2D eigenvalue weighted by molar-refractivity contribution is 5.77. The van der Waals surface area contributed by atoms with Crippen LogP contribution in [0.2, 0.25) is 0 Å². The maximum atomic E-state index is 11.6. The van der Waals surface area contributed by atoms with Gasteiger partial charge in [-0.3, -0.25) is 9.69 Å². The van der Waals surface area contributed by atoms with Gasteiger partial charge in [0, 0.05) is 13.1 Å². The molecule has 0 fully saturated rings. The van der Waals surface area contributed by atoms with Crippen LogP contribution in [-0.4, -0.2) is 30.4 Å². The van der Waals surface area contributed by atoms with Gasteiger partial charge in [-0.05, 0) is 30.5 Å². The molecule has 0 saturated heterocycles. The topological polar surface area (TPSA) is 32.3 Å². The van der Waals surface area contributed by atoms with E-state index in [2.05, 4.69) is 55.3 Å². The van der Waals surface area contributed by atoms with Crippen molar-refractivity contribution in [2.45, 2.75) is 40.2 Å². The van der Waals surface area contributed by atoms with E-state index in [1.54, 1.807) is 0 Å². The first-order valence-electron chi connectivity index (χ1n) is 7.14. The molecule has 1 aromatic rings. The van der Waals surface area contributed by atoms with Crippen LogP contribution < -0.4 is 5.32 Å². The van der Waals surface area contributed by atoms with E-state index < -0.39 is 0 Å². The second-order valence-corrected chi connectivity index (χ2v) is 5.15. The standard InChI is InChI=1S/C16H26N2O/c1-5-17-16(19)12-18(6-2)11-14-7-9-15(10-8-14)13(3)4/h7-10,13H,5-6,11-12H2,1-4H3,(H,17,19). The molecule has 0 spiro atoms. The molecule has 19 heavy (non-hydrogen) atoms. The first-order valence-corrected chi connectivity index (χ1v) is 7.14. The summed E-state index contributed by atoms with van der Waals surface area (Å²) >= 11 is 0. The monoisotopic (exact) mass is 262 g/mol. The highest BCUT2D eigenvalue weighted by Crippen LogP contribution is 2.15. The van der Waals surface area contributed by atoms with E-state index in [0.717, 1.165) is 13.1 Å². The lowest BCUT2D eigenvalue weighted by Crippen LogP contribution is -2.36. The average Bonchev–Trinajstić information content (AvgIpc) is 2.38. The van der Waals surface area contributed by atoms with Crippen LogP contribution in [-0.2, 0) is 11.3 Å². The number of amides is 1. The quantitative estimate of drug-likeness (QED) is 0.819. The van der Waals surface area contributed by atoms with Crippen LogP contribution in [0.25, 0.3) is 0 Å². The Hall–Kier alpha value is -1.35. The van der Waals surface area contributed by atoms with Crippen molar-refractivity contribution in [3.8, 4) is 0 Å². The number of benzene rings is 1. The number of carbonyl (C=O) groups excluding carboxylic acids is 1. The normalized spacial score (nSPS) is 11.1. The minimum absolute atomic E-state index is 0.100. The maximum Gasteiger partial charge on any atom is 0.234 e. The van der Waals surface area contributed by atoms with Crippen molar-refractivity contribution in [2.75, 3.05) is 19.6 Å². The summed E-state index contributed by atoms with van der Waals surface area (Å²) in [5.41, 5.74) is 2.62. The molecule has 0 aliphatic rings. The van der Waals surface area contributed by atoms with Crippen LogP contribution in [0.1, 0.15) is 44.7 Å². The lowest BCUT2D eigenvalue weighted by atomic mass is 10.0. The second-order valence-electron chi connectivity index (χ2n) is 5.15. The van der Waals surface area contributed by atoms with E-state index in [1.807, 2.05) is 6.92 Å². The Bertz CT molecular complexity index is 384. The van der Waals surface area contributed by atoms with Gasteiger partial charge in [-0.1, -0.05) is 45.0 Å². The number of hydrogen-bond donors (Lipinski definition) is 1. The molecular weight excluding hydrogens is 236 g/mol. The van der Waals surface area contributed by atoms with E-state index in [9.17, 15) is 4.79 Å². The largest absolute Gasteiger partial charge is 0.355 e. The molecule has 1 rings (SSSR count). The maximum absolute atomic E-state index is 11.6. The van der Waals surface area contributed by atoms with Crippen LogP contribution in [0, 0.1) is 0 Å². The van der Waals surface area contributed by atoms with Crippen molar-refractivity contribution in [1.82, 2.24) is 10.2 Å². The molecule has 1 N–H and O–H groups in total. The molecule has 0 aliphatic carbocycles. The molecule has 0 aromatic heterocycles. The van der Waals surface area contributed by atoms with E-state index in [1.165, 1.54) is 11.1 Å². The molecule has 3 nitrogen and oxygen atoms in total. The minimum atomic E-state index is 0.100. The lowest BCUT2D eigenvalue weighted by Gasteiger charge is -2.20. The third-order valence-corrected chi connectivity index (χ3v) is 3.24. The van der Waals surface area contributed by atoms with Gasteiger partial charge in [0.1, 0.15) is 0 Å². The molecular formula is C16H26N2O. The molecule has 0 unspecified atom stereocenters. The number of rotatable bonds is 7. The summed E-state index contributed by atoms with van der Waals surface area (Å²) in [7, 11) is 0. The van der Waals surface area contributed by atoms with Gasteiger partial charge in [0.15, 0.2) is 0 Å². The minimum Gasteiger partial charge on any atom is -0.355 e. The van der Waals surface area contributed by atoms with Crippen LogP contribution >= 0.6 is 0 Å². The summed E-state index contributed by atoms with van der Waals surface area (Å²) < 4.78 is 0. The van der Waals surface area contributed by atoms with E-state index in [-0.39, 0.29) is 5.91 Å². The summed E-state index contributed by atoms with van der Waals surface area (Å²) in [6, 6.07) is 8.69. The lowest BCUT2D eigenvalue weighted by molar-refractivity contribution is -0.122. The van der Waals surface area contributed by atoms with Gasteiger partial charge in [-0.2, -0.15) is 0 Å². The number of hydrogen-bond acceptors (Lipinski definition) is 2. The molecule has 0 radical (unpaired) electrons. The van der Waals surface area contributed by atoms with Crippen LogP contribution in [0.3, 0.4) is 0 Å². The summed E-state index contributed by atoms with van der Waals surface area (Å²) in [6.45, 7) is 11.3. The molecule has 3 heteroatoms.